The second kappa shape index (κ2) is 12.0. The number of hydrogen-bond donors (Lipinski definition) is 2. The van der Waals surface area contributed by atoms with Gasteiger partial charge in [-0.1, -0.05) is 26.0 Å². The maximum Gasteiger partial charge on any atom is 0.191 e. The number of methoxy groups -OCH3 is 1. The molecule has 4 atom stereocenters. The van der Waals surface area contributed by atoms with Gasteiger partial charge >= 0.3 is 0 Å². The van der Waals surface area contributed by atoms with Crippen LogP contribution in [-0.2, 0) is 4.74 Å². The van der Waals surface area contributed by atoms with Gasteiger partial charge in [0.15, 0.2) is 5.96 Å². The molecule has 7 heteroatoms. The molecular weight excluding hydrogens is 479 g/mol. The molecule has 164 valence electrons. The number of benzene rings is 1. The van der Waals surface area contributed by atoms with E-state index in [1.807, 2.05) is 6.07 Å². The minimum atomic E-state index is 0. The predicted molar refractivity (Wildman–Crippen MR) is 129 cm³/mol. The number of halogens is 1. The summed E-state index contributed by atoms with van der Waals surface area (Å²) in [5, 5.41) is 7.04. The molecule has 3 rings (SSSR count). The fourth-order valence-electron chi connectivity index (χ4n) is 4.41. The van der Waals surface area contributed by atoms with Crippen LogP contribution in [0, 0.1) is 0 Å². The highest BCUT2D eigenvalue weighted by Crippen LogP contribution is 2.34. The van der Waals surface area contributed by atoms with Crippen molar-refractivity contribution < 1.29 is 9.47 Å². The van der Waals surface area contributed by atoms with Crippen molar-refractivity contribution in [2.45, 2.75) is 64.3 Å². The molecule has 0 aliphatic carbocycles. The number of aliphatic imine (C=N–C) groups is 1. The molecule has 2 aliphatic rings. The number of fused-ring (bicyclic) bond motifs is 2. The van der Waals surface area contributed by atoms with Crippen LogP contribution in [0.25, 0.3) is 0 Å². The van der Waals surface area contributed by atoms with Crippen LogP contribution < -0.4 is 15.4 Å². The van der Waals surface area contributed by atoms with Gasteiger partial charge in [-0.3, -0.25) is 9.89 Å². The number of hydrogen-bond acceptors (Lipinski definition) is 4. The Hall–Kier alpha value is -1.06. The predicted octanol–water partition coefficient (Wildman–Crippen LogP) is 3.57. The number of likely N-dealkylation sites (N-methyl/N-ethyl adjacent to an activating group) is 1. The van der Waals surface area contributed by atoms with Gasteiger partial charge in [-0.05, 0) is 57.0 Å². The van der Waals surface area contributed by atoms with Crippen LogP contribution in [0.3, 0.4) is 0 Å². The van der Waals surface area contributed by atoms with Crippen molar-refractivity contribution in [2.75, 3.05) is 33.3 Å². The lowest BCUT2D eigenvalue weighted by molar-refractivity contribution is 0.0992. The summed E-state index contributed by atoms with van der Waals surface area (Å²) in [6.07, 6.45) is 4.23. The lowest BCUT2D eigenvalue weighted by atomic mass is 9.96. The van der Waals surface area contributed by atoms with E-state index >= 15 is 0 Å². The lowest BCUT2D eigenvalue weighted by Gasteiger charge is -2.30. The fourth-order valence-corrected chi connectivity index (χ4v) is 4.41. The summed E-state index contributed by atoms with van der Waals surface area (Å²) < 4.78 is 11.4. The Morgan fingerprint density at radius 3 is 2.66 bits per heavy atom. The molecule has 1 aromatic rings. The summed E-state index contributed by atoms with van der Waals surface area (Å²) in [6, 6.07) is 8.95. The quantitative estimate of drug-likeness (QED) is 0.299. The Labute approximate surface area is 192 Å². The van der Waals surface area contributed by atoms with E-state index in [-0.39, 0.29) is 30.0 Å². The van der Waals surface area contributed by atoms with Crippen molar-refractivity contribution >= 4 is 29.9 Å². The van der Waals surface area contributed by atoms with Gasteiger partial charge in [-0.25, -0.2) is 0 Å². The van der Waals surface area contributed by atoms with Gasteiger partial charge < -0.3 is 20.1 Å². The molecule has 0 spiro atoms. The van der Waals surface area contributed by atoms with E-state index in [1.165, 1.54) is 12.0 Å². The molecule has 6 nitrogen and oxygen atoms in total. The summed E-state index contributed by atoms with van der Waals surface area (Å²) in [5.74, 6) is 1.78. The largest absolute Gasteiger partial charge is 0.497 e. The van der Waals surface area contributed by atoms with E-state index < -0.39 is 0 Å². The van der Waals surface area contributed by atoms with E-state index in [1.54, 1.807) is 7.11 Å². The minimum absolute atomic E-state index is 0. The monoisotopic (exact) mass is 516 g/mol. The Bertz CT molecular complexity index is 653. The number of nitrogens with zero attached hydrogens (tertiary/aromatic N) is 2. The molecule has 0 amide bonds. The highest BCUT2D eigenvalue weighted by Gasteiger charge is 2.41. The van der Waals surface area contributed by atoms with Crippen molar-refractivity contribution in [3.63, 3.8) is 0 Å². The third kappa shape index (κ3) is 6.21. The molecular formula is C22H37IN4O2. The lowest BCUT2D eigenvalue weighted by Crippen LogP contribution is -2.47. The average Bonchev–Trinajstić information content (AvgIpc) is 3.34. The zero-order valence-electron chi connectivity index (χ0n) is 18.2. The number of rotatable bonds is 9. The van der Waals surface area contributed by atoms with Gasteiger partial charge in [0, 0.05) is 6.54 Å². The number of guanidine groups is 1. The van der Waals surface area contributed by atoms with E-state index in [4.69, 9.17) is 14.5 Å². The van der Waals surface area contributed by atoms with Crippen molar-refractivity contribution in [2.24, 2.45) is 4.99 Å². The number of ether oxygens (including phenoxy) is 2. The Morgan fingerprint density at radius 2 is 2.07 bits per heavy atom. The second-order valence-corrected chi connectivity index (χ2v) is 7.59. The first-order valence-corrected chi connectivity index (χ1v) is 10.8. The normalized spacial score (nSPS) is 24.3. The highest BCUT2D eigenvalue weighted by molar-refractivity contribution is 14.0. The molecule has 29 heavy (non-hydrogen) atoms. The molecule has 1 aromatic carbocycles. The van der Waals surface area contributed by atoms with Crippen molar-refractivity contribution in [1.29, 1.82) is 0 Å². The molecule has 0 aromatic heterocycles. The third-order valence-corrected chi connectivity index (χ3v) is 5.93. The van der Waals surface area contributed by atoms with Gasteiger partial charge in [0.1, 0.15) is 5.75 Å². The van der Waals surface area contributed by atoms with Crippen LogP contribution >= 0.6 is 24.0 Å². The van der Waals surface area contributed by atoms with Crippen molar-refractivity contribution in [3.05, 3.63) is 29.8 Å². The molecule has 0 saturated carbocycles. The van der Waals surface area contributed by atoms with Crippen LogP contribution in [0.4, 0.5) is 0 Å². The average molecular weight is 516 g/mol. The third-order valence-electron chi connectivity index (χ3n) is 5.93. The van der Waals surface area contributed by atoms with Gasteiger partial charge in [0.25, 0.3) is 0 Å². The molecule has 2 saturated heterocycles. The van der Waals surface area contributed by atoms with Crippen molar-refractivity contribution in [1.82, 2.24) is 15.5 Å². The summed E-state index contributed by atoms with van der Waals surface area (Å²) in [5.41, 5.74) is 1.24. The molecule has 2 N–H and O–H groups in total. The van der Waals surface area contributed by atoms with E-state index in [0.29, 0.717) is 24.8 Å². The summed E-state index contributed by atoms with van der Waals surface area (Å²) in [6.45, 7) is 10.0. The first kappa shape index (κ1) is 24.2. The highest BCUT2D eigenvalue weighted by atomic mass is 127. The summed E-state index contributed by atoms with van der Waals surface area (Å²) in [7, 11) is 1.72. The topological polar surface area (TPSA) is 58.1 Å². The molecule has 0 radical (unpaired) electrons. The Morgan fingerprint density at radius 1 is 1.28 bits per heavy atom. The van der Waals surface area contributed by atoms with Crippen LogP contribution in [0.2, 0.25) is 0 Å². The molecule has 2 bridgehead atoms. The number of nitrogens with one attached hydrogen (secondary N) is 2. The maximum absolute atomic E-state index is 5.99. The molecule has 2 heterocycles. The van der Waals surface area contributed by atoms with Gasteiger partial charge in [-0.15, -0.1) is 24.0 Å². The van der Waals surface area contributed by atoms with E-state index in [0.717, 1.165) is 44.2 Å². The molecule has 2 fully saturated rings. The first-order chi connectivity index (χ1) is 13.7. The fraction of sp³-hybridized carbons (Fsp3) is 0.682. The molecule has 2 aliphatic heterocycles. The van der Waals surface area contributed by atoms with Crippen LogP contribution in [0.5, 0.6) is 5.75 Å². The first-order valence-electron chi connectivity index (χ1n) is 10.8. The van der Waals surface area contributed by atoms with Gasteiger partial charge in [-0.2, -0.15) is 0 Å². The van der Waals surface area contributed by atoms with E-state index in [2.05, 4.69) is 54.5 Å². The molecule has 4 unspecified atom stereocenters. The van der Waals surface area contributed by atoms with Crippen molar-refractivity contribution in [3.8, 4) is 5.75 Å². The maximum atomic E-state index is 5.99. The Balaban J connectivity index is 0.00000300. The van der Waals surface area contributed by atoms with Gasteiger partial charge in [0.2, 0.25) is 0 Å². The SMILES string of the molecule is CCNC(=NCC(c1cccc(OC)c1)N(CC)CC)NC1CC2CCC1O2.I. The summed E-state index contributed by atoms with van der Waals surface area (Å²) >= 11 is 0. The second-order valence-electron chi connectivity index (χ2n) is 7.59. The smallest absolute Gasteiger partial charge is 0.191 e. The van der Waals surface area contributed by atoms with Crippen LogP contribution in [-0.4, -0.2) is 62.4 Å². The minimum Gasteiger partial charge on any atom is -0.497 e. The van der Waals surface area contributed by atoms with Crippen LogP contribution in [0.15, 0.2) is 29.3 Å². The Kier molecular flexibility index (Phi) is 9.98. The summed E-state index contributed by atoms with van der Waals surface area (Å²) in [4.78, 5) is 7.41. The zero-order valence-corrected chi connectivity index (χ0v) is 20.5. The van der Waals surface area contributed by atoms with Gasteiger partial charge in [0.05, 0.1) is 37.9 Å². The van der Waals surface area contributed by atoms with E-state index in [9.17, 15) is 0 Å². The standard InChI is InChI=1S/C22H36N4O2.HI/c1-5-23-22(25-19-14-18-11-12-21(19)28-18)24-15-20(26(6-2)7-3)16-9-8-10-17(13-16)27-4;/h8-10,13,18-21H,5-7,11-12,14-15H2,1-4H3,(H2,23,24,25);1H. The van der Waals surface area contributed by atoms with Crippen LogP contribution in [0.1, 0.15) is 51.6 Å². The zero-order chi connectivity index (χ0) is 19.9.